The third kappa shape index (κ3) is 3.18. The number of likely N-dealkylation sites (tertiary alicyclic amines) is 1. The van der Waals surface area contributed by atoms with Crippen molar-refractivity contribution in [2.45, 2.75) is 32.3 Å². The van der Waals surface area contributed by atoms with E-state index in [9.17, 15) is 9.59 Å². The van der Waals surface area contributed by atoms with E-state index in [1.165, 1.54) is 0 Å². The summed E-state index contributed by atoms with van der Waals surface area (Å²) in [5.74, 6) is -1.28. The van der Waals surface area contributed by atoms with Crippen molar-refractivity contribution in [1.29, 1.82) is 0 Å². The number of carboxylic acid groups (broad SMARTS) is 1. The van der Waals surface area contributed by atoms with Crippen LogP contribution in [0.5, 0.6) is 0 Å². The lowest BCUT2D eigenvalue weighted by Gasteiger charge is -2.25. The molecule has 0 spiro atoms. The third-order valence-corrected chi connectivity index (χ3v) is 4.13. The fraction of sp³-hybridized carbons (Fsp3) is 0.846. The van der Waals surface area contributed by atoms with Gasteiger partial charge in [-0.3, -0.25) is 4.79 Å². The number of carboxylic acids is 1. The number of carbonyl (C=O) groups excluding carboxylic acids is 1. The van der Waals surface area contributed by atoms with Crippen LogP contribution in [-0.2, 0) is 9.53 Å². The molecule has 6 heteroatoms. The fourth-order valence-corrected chi connectivity index (χ4v) is 2.80. The van der Waals surface area contributed by atoms with E-state index in [2.05, 4.69) is 5.32 Å². The quantitative estimate of drug-likeness (QED) is 0.799. The Morgan fingerprint density at radius 1 is 1.47 bits per heavy atom. The summed E-state index contributed by atoms with van der Waals surface area (Å²) in [7, 11) is 0. The lowest BCUT2D eigenvalue weighted by molar-refractivity contribution is -0.142. The number of carbonyl (C=O) groups is 2. The van der Waals surface area contributed by atoms with Crippen LogP contribution >= 0.6 is 0 Å². The molecule has 2 fully saturated rings. The second-order valence-corrected chi connectivity index (χ2v) is 5.89. The van der Waals surface area contributed by atoms with E-state index < -0.39 is 11.9 Å². The van der Waals surface area contributed by atoms with Gasteiger partial charge in [-0.1, -0.05) is 6.92 Å². The molecule has 2 rings (SSSR count). The molecule has 0 aliphatic carbocycles. The molecule has 19 heavy (non-hydrogen) atoms. The smallest absolute Gasteiger partial charge is 0.317 e. The first-order valence-electron chi connectivity index (χ1n) is 6.81. The van der Waals surface area contributed by atoms with E-state index in [0.29, 0.717) is 19.6 Å². The molecule has 0 bridgehead atoms. The van der Waals surface area contributed by atoms with E-state index in [-0.39, 0.29) is 17.6 Å². The average Bonchev–Trinajstić information content (AvgIpc) is 2.93. The van der Waals surface area contributed by atoms with Crippen molar-refractivity contribution in [3.63, 3.8) is 0 Å². The molecule has 0 saturated carbocycles. The third-order valence-electron chi connectivity index (χ3n) is 4.13. The largest absolute Gasteiger partial charge is 0.481 e. The molecule has 6 nitrogen and oxygen atoms in total. The van der Waals surface area contributed by atoms with Gasteiger partial charge in [0, 0.05) is 26.2 Å². The highest BCUT2D eigenvalue weighted by atomic mass is 16.5. The van der Waals surface area contributed by atoms with Gasteiger partial charge >= 0.3 is 12.0 Å². The van der Waals surface area contributed by atoms with Gasteiger partial charge in [0.1, 0.15) is 0 Å². The van der Waals surface area contributed by atoms with Crippen LogP contribution < -0.4 is 5.32 Å². The highest BCUT2D eigenvalue weighted by molar-refractivity contribution is 5.77. The summed E-state index contributed by atoms with van der Waals surface area (Å²) in [6, 6.07) is -0.188. The molecule has 1 unspecified atom stereocenters. The summed E-state index contributed by atoms with van der Waals surface area (Å²) < 4.78 is 5.61. The zero-order valence-electron chi connectivity index (χ0n) is 11.5. The van der Waals surface area contributed by atoms with Crippen molar-refractivity contribution in [1.82, 2.24) is 10.2 Å². The van der Waals surface area contributed by atoms with E-state index in [1.54, 1.807) is 4.90 Å². The Bertz CT molecular complexity index is 366. The van der Waals surface area contributed by atoms with Gasteiger partial charge in [0.2, 0.25) is 0 Å². The van der Waals surface area contributed by atoms with Crippen LogP contribution in [0.15, 0.2) is 0 Å². The molecule has 2 aliphatic rings. The molecule has 2 N–H and O–H groups in total. The Hall–Kier alpha value is -1.30. The van der Waals surface area contributed by atoms with Gasteiger partial charge in [-0.15, -0.1) is 0 Å². The number of nitrogens with one attached hydrogen (secondary N) is 1. The number of aliphatic carboxylic acids is 1. The molecule has 2 aliphatic heterocycles. The van der Waals surface area contributed by atoms with E-state index >= 15 is 0 Å². The minimum Gasteiger partial charge on any atom is -0.481 e. The summed E-state index contributed by atoms with van der Waals surface area (Å²) >= 11 is 0. The maximum atomic E-state index is 12.0. The number of urea groups is 1. The second kappa shape index (κ2) is 5.36. The van der Waals surface area contributed by atoms with E-state index in [4.69, 9.17) is 9.84 Å². The topological polar surface area (TPSA) is 78.9 Å². The summed E-state index contributed by atoms with van der Waals surface area (Å²) in [4.78, 5) is 24.6. The van der Waals surface area contributed by atoms with Gasteiger partial charge in [-0.2, -0.15) is 0 Å². The molecule has 2 heterocycles. The maximum absolute atomic E-state index is 12.0. The van der Waals surface area contributed by atoms with Gasteiger partial charge < -0.3 is 20.1 Å². The molecule has 0 aromatic rings. The molecular formula is C13H22N2O4. The summed E-state index contributed by atoms with van der Waals surface area (Å²) in [6.07, 6.45) is 1.97. The average molecular weight is 270 g/mol. The predicted octanol–water partition coefficient (Wildman–Crippen LogP) is 0.918. The van der Waals surface area contributed by atoms with Crippen LogP contribution in [0.1, 0.15) is 26.7 Å². The van der Waals surface area contributed by atoms with Crippen LogP contribution in [0, 0.1) is 11.8 Å². The van der Waals surface area contributed by atoms with Crippen LogP contribution in [-0.4, -0.2) is 53.8 Å². The van der Waals surface area contributed by atoms with Crippen molar-refractivity contribution in [2.75, 3.05) is 26.2 Å². The highest BCUT2D eigenvalue weighted by Gasteiger charge is 2.38. The molecule has 0 radical (unpaired) electrons. The molecule has 3 atom stereocenters. The van der Waals surface area contributed by atoms with Crippen LogP contribution in [0.4, 0.5) is 4.79 Å². The standard InChI is InChI=1S/C13H22N2O4/c1-9-6-15(7-10(9)11(16)17)12(18)14-8-13(2)4-3-5-19-13/h9-10H,3-8H2,1-2H3,(H,14,18)(H,16,17)/t9-,10-,13?/m1/s1. The summed E-state index contributed by atoms with van der Waals surface area (Å²) in [6.45, 7) is 5.88. The number of nitrogens with zero attached hydrogens (tertiary/aromatic N) is 1. The highest BCUT2D eigenvalue weighted by Crippen LogP contribution is 2.25. The zero-order valence-corrected chi connectivity index (χ0v) is 11.5. The molecule has 0 aromatic carbocycles. The number of amides is 2. The van der Waals surface area contributed by atoms with Crippen molar-refractivity contribution in [2.24, 2.45) is 11.8 Å². The van der Waals surface area contributed by atoms with Crippen molar-refractivity contribution in [3.8, 4) is 0 Å². The zero-order chi connectivity index (χ0) is 14.0. The monoisotopic (exact) mass is 270 g/mol. The van der Waals surface area contributed by atoms with Crippen molar-refractivity contribution >= 4 is 12.0 Å². The molecular weight excluding hydrogens is 248 g/mol. The summed E-state index contributed by atoms with van der Waals surface area (Å²) in [5, 5.41) is 11.9. The van der Waals surface area contributed by atoms with Crippen LogP contribution in [0.2, 0.25) is 0 Å². The Labute approximate surface area is 113 Å². The number of hydrogen-bond acceptors (Lipinski definition) is 3. The number of ether oxygens (including phenoxy) is 1. The molecule has 108 valence electrons. The first-order valence-corrected chi connectivity index (χ1v) is 6.81. The van der Waals surface area contributed by atoms with Gasteiger partial charge in [0.05, 0.1) is 11.5 Å². The number of rotatable bonds is 3. The summed E-state index contributed by atoms with van der Waals surface area (Å²) in [5.41, 5.74) is -0.271. The van der Waals surface area contributed by atoms with E-state index in [0.717, 1.165) is 19.4 Å². The lowest BCUT2D eigenvalue weighted by Crippen LogP contribution is -2.46. The minimum absolute atomic E-state index is 0.00145. The second-order valence-electron chi connectivity index (χ2n) is 5.89. The minimum atomic E-state index is -0.825. The SMILES string of the molecule is C[C@@H]1CN(C(=O)NCC2(C)CCCO2)C[C@H]1C(=O)O. The molecule has 2 saturated heterocycles. The normalized spacial score (nSPS) is 34.5. The van der Waals surface area contributed by atoms with Crippen molar-refractivity contribution in [3.05, 3.63) is 0 Å². The Morgan fingerprint density at radius 2 is 2.21 bits per heavy atom. The Balaban J connectivity index is 1.82. The Kier molecular flexibility index (Phi) is 3.99. The predicted molar refractivity (Wildman–Crippen MR) is 68.9 cm³/mol. The van der Waals surface area contributed by atoms with Gasteiger partial charge in [-0.05, 0) is 25.7 Å². The lowest BCUT2D eigenvalue weighted by atomic mass is 9.99. The molecule has 2 amide bonds. The number of hydrogen-bond donors (Lipinski definition) is 2. The van der Waals surface area contributed by atoms with Crippen LogP contribution in [0.3, 0.4) is 0 Å². The van der Waals surface area contributed by atoms with Gasteiger partial charge in [-0.25, -0.2) is 4.79 Å². The first kappa shape index (κ1) is 14.1. The van der Waals surface area contributed by atoms with Gasteiger partial charge in [0.25, 0.3) is 0 Å². The molecule has 0 aromatic heterocycles. The van der Waals surface area contributed by atoms with Crippen LogP contribution in [0.25, 0.3) is 0 Å². The Morgan fingerprint density at radius 3 is 2.74 bits per heavy atom. The van der Waals surface area contributed by atoms with E-state index in [1.807, 2.05) is 13.8 Å². The van der Waals surface area contributed by atoms with Crippen molar-refractivity contribution < 1.29 is 19.4 Å². The first-order chi connectivity index (χ1) is 8.91. The maximum Gasteiger partial charge on any atom is 0.317 e. The van der Waals surface area contributed by atoms with Gasteiger partial charge in [0.15, 0.2) is 0 Å². The fourth-order valence-electron chi connectivity index (χ4n) is 2.80.